The highest BCUT2D eigenvalue weighted by Gasteiger charge is 2.44. The van der Waals surface area contributed by atoms with Crippen molar-refractivity contribution in [3.05, 3.63) is 28.5 Å². The van der Waals surface area contributed by atoms with E-state index >= 15 is 0 Å². The fraction of sp³-hybridized carbons (Fsp3) is 0.647. The van der Waals surface area contributed by atoms with Gasteiger partial charge in [-0.3, -0.25) is 0 Å². The number of hydrogen-bond donors (Lipinski definition) is 0. The molecule has 0 amide bonds. The van der Waals surface area contributed by atoms with Gasteiger partial charge in [-0.15, -0.1) is 0 Å². The first-order valence-corrected chi connectivity index (χ1v) is 10.9. The van der Waals surface area contributed by atoms with Gasteiger partial charge in [-0.1, -0.05) is 57.5 Å². The fourth-order valence-corrected chi connectivity index (χ4v) is 9.23. The zero-order chi connectivity index (χ0) is 16.9. The Morgan fingerprint density at radius 1 is 1.00 bits per heavy atom. The van der Waals surface area contributed by atoms with Gasteiger partial charge in [-0.25, -0.2) is 4.39 Å². The van der Waals surface area contributed by atoms with Crippen molar-refractivity contribution >= 4 is 24.2 Å². The summed E-state index contributed by atoms with van der Waals surface area (Å²) in [5.74, 6) is -0.0767. The predicted octanol–water partition coefficient (Wildman–Crippen LogP) is 6.16. The summed E-state index contributed by atoms with van der Waals surface area (Å²) < 4.78 is 26.3. The summed E-state index contributed by atoms with van der Waals surface area (Å²) in [4.78, 5) is 0. The number of benzene rings is 1. The van der Waals surface area contributed by atoms with Crippen LogP contribution in [0.15, 0.2) is 22.7 Å². The molecule has 0 unspecified atom stereocenters. The lowest BCUT2D eigenvalue weighted by Gasteiger charge is -2.42. The highest BCUT2D eigenvalue weighted by Crippen LogP contribution is 2.42. The fourth-order valence-electron chi connectivity index (χ4n) is 3.46. The Kier molecular flexibility index (Phi) is 7.55. The number of ether oxygens (including phenoxy) is 1. The van der Waals surface area contributed by atoms with E-state index in [9.17, 15) is 4.39 Å². The summed E-state index contributed by atoms with van der Waals surface area (Å²) in [6.07, 6.45) is 0. The van der Waals surface area contributed by atoms with E-state index in [1.165, 1.54) is 6.07 Å². The highest BCUT2D eigenvalue weighted by atomic mass is 79.9. The third kappa shape index (κ3) is 4.55. The Hall–Kier alpha value is -0.393. The van der Waals surface area contributed by atoms with Crippen LogP contribution in [-0.4, -0.2) is 21.5 Å². The molecule has 126 valence electrons. The molecule has 5 heteroatoms. The Balaban J connectivity index is 2.64. The maximum atomic E-state index is 13.7. The first-order chi connectivity index (χ1) is 10.2. The van der Waals surface area contributed by atoms with E-state index in [-0.39, 0.29) is 11.6 Å². The van der Waals surface area contributed by atoms with Gasteiger partial charge in [0, 0.05) is 4.47 Å². The molecule has 1 aromatic rings. The average Bonchev–Trinajstić information content (AvgIpc) is 2.39. The molecule has 0 aromatic heterocycles. The average molecular weight is 391 g/mol. The van der Waals surface area contributed by atoms with Gasteiger partial charge >= 0.3 is 0 Å². The molecular weight excluding hydrogens is 363 g/mol. The van der Waals surface area contributed by atoms with Crippen molar-refractivity contribution in [3.8, 4) is 5.75 Å². The Morgan fingerprint density at radius 3 is 2.00 bits per heavy atom. The maximum Gasteiger partial charge on any atom is 0.200 e. The lowest BCUT2D eigenvalue weighted by molar-refractivity contribution is 0.194. The van der Waals surface area contributed by atoms with Crippen molar-refractivity contribution in [1.29, 1.82) is 0 Å². The molecule has 22 heavy (non-hydrogen) atoms. The van der Waals surface area contributed by atoms with Gasteiger partial charge in [0.05, 0.1) is 6.61 Å². The van der Waals surface area contributed by atoms with Crippen molar-refractivity contribution in [2.75, 3.05) is 13.2 Å². The second kappa shape index (κ2) is 8.46. The van der Waals surface area contributed by atoms with Crippen LogP contribution in [0.1, 0.15) is 41.5 Å². The normalized spacial score (nSPS) is 12.5. The van der Waals surface area contributed by atoms with Gasteiger partial charge in [-0.05, 0) is 34.8 Å². The third-order valence-corrected chi connectivity index (χ3v) is 10.9. The Bertz CT molecular complexity index is 456. The van der Waals surface area contributed by atoms with E-state index in [1.54, 1.807) is 12.1 Å². The van der Waals surface area contributed by atoms with Gasteiger partial charge in [-0.2, -0.15) is 0 Å². The van der Waals surface area contributed by atoms with Crippen LogP contribution in [-0.2, 0) is 4.43 Å². The second-order valence-electron chi connectivity index (χ2n) is 6.59. The van der Waals surface area contributed by atoms with Gasteiger partial charge in [0.15, 0.2) is 19.9 Å². The number of halogens is 2. The second-order valence-corrected chi connectivity index (χ2v) is 13.0. The minimum Gasteiger partial charge on any atom is -0.488 e. The molecule has 0 aliphatic heterocycles. The minimum absolute atomic E-state index is 0.276. The zero-order valence-electron chi connectivity index (χ0n) is 14.5. The lowest BCUT2D eigenvalue weighted by atomic mass is 10.3. The first-order valence-electron chi connectivity index (χ1n) is 7.93. The van der Waals surface area contributed by atoms with Crippen molar-refractivity contribution in [1.82, 2.24) is 0 Å². The molecule has 1 aromatic carbocycles. The van der Waals surface area contributed by atoms with E-state index in [1.807, 2.05) is 0 Å². The Labute approximate surface area is 143 Å². The van der Waals surface area contributed by atoms with Crippen LogP contribution in [0, 0.1) is 5.82 Å². The molecule has 0 radical (unpaired) electrons. The SMILES string of the molecule is CC(C)[Si](OCCOc1ccc(Br)cc1F)(C(C)C)C(C)C. The molecule has 0 N–H and O–H groups in total. The largest absolute Gasteiger partial charge is 0.488 e. The number of hydrogen-bond acceptors (Lipinski definition) is 2. The summed E-state index contributed by atoms with van der Waals surface area (Å²) >= 11 is 3.24. The van der Waals surface area contributed by atoms with Crippen molar-refractivity contribution in [2.45, 2.75) is 58.2 Å². The standard InChI is InChI=1S/C17H28BrFO2Si/c1-12(2)22(13(3)4,14(5)6)21-10-9-20-17-8-7-15(18)11-16(17)19/h7-8,11-14H,9-10H2,1-6H3. The van der Waals surface area contributed by atoms with Crippen molar-refractivity contribution in [2.24, 2.45) is 0 Å². The third-order valence-electron chi connectivity index (χ3n) is 4.29. The highest BCUT2D eigenvalue weighted by molar-refractivity contribution is 9.10. The lowest BCUT2D eigenvalue weighted by Crippen LogP contribution is -2.48. The van der Waals surface area contributed by atoms with Crippen LogP contribution < -0.4 is 4.74 Å². The first kappa shape index (κ1) is 19.7. The minimum atomic E-state index is -1.87. The topological polar surface area (TPSA) is 18.5 Å². The van der Waals surface area contributed by atoms with E-state index in [0.29, 0.717) is 34.3 Å². The van der Waals surface area contributed by atoms with Gasteiger partial charge in [0.2, 0.25) is 0 Å². The van der Waals surface area contributed by atoms with Crippen LogP contribution in [0.3, 0.4) is 0 Å². The van der Waals surface area contributed by atoms with Crippen molar-refractivity contribution < 1.29 is 13.6 Å². The van der Waals surface area contributed by atoms with E-state index in [0.717, 1.165) is 0 Å². The summed E-state index contributed by atoms with van der Waals surface area (Å²) in [6.45, 7) is 14.4. The monoisotopic (exact) mass is 390 g/mol. The van der Waals surface area contributed by atoms with Gasteiger partial charge in [0.25, 0.3) is 0 Å². The molecular formula is C17H28BrFO2Si. The quantitative estimate of drug-likeness (QED) is 0.390. The summed E-state index contributed by atoms with van der Waals surface area (Å²) in [7, 11) is -1.87. The summed E-state index contributed by atoms with van der Waals surface area (Å²) in [5.41, 5.74) is 1.62. The van der Waals surface area contributed by atoms with Crippen LogP contribution in [0.4, 0.5) is 4.39 Å². The number of rotatable bonds is 8. The smallest absolute Gasteiger partial charge is 0.200 e. The Morgan fingerprint density at radius 2 is 1.55 bits per heavy atom. The molecule has 0 bridgehead atoms. The maximum absolute atomic E-state index is 13.7. The van der Waals surface area contributed by atoms with Crippen molar-refractivity contribution in [3.63, 3.8) is 0 Å². The van der Waals surface area contributed by atoms with Gasteiger partial charge in [0.1, 0.15) is 6.61 Å². The molecule has 0 spiro atoms. The molecule has 0 saturated carbocycles. The van der Waals surface area contributed by atoms with Crippen LogP contribution in [0.2, 0.25) is 16.6 Å². The van der Waals surface area contributed by atoms with E-state index in [4.69, 9.17) is 9.16 Å². The predicted molar refractivity (Wildman–Crippen MR) is 96.6 cm³/mol. The van der Waals surface area contributed by atoms with Crippen LogP contribution >= 0.6 is 15.9 Å². The molecule has 2 nitrogen and oxygen atoms in total. The zero-order valence-corrected chi connectivity index (χ0v) is 17.0. The molecule has 1 rings (SSSR count). The molecule has 0 saturated heterocycles. The van der Waals surface area contributed by atoms with E-state index < -0.39 is 8.32 Å². The molecule has 0 aliphatic carbocycles. The van der Waals surface area contributed by atoms with Crippen LogP contribution in [0.25, 0.3) is 0 Å². The van der Waals surface area contributed by atoms with Crippen LogP contribution in [0.5, 0.6) is 5.75 Å². The summed E-state index contributed by atoms with van der Waals surface area (Å²) in [6, 6.07) is 4.82. The van der Waals surface area contributed by atoms with E-state index in [2.05, 4.69) is 57.5 Å². The molecule has 0 heterocycles. The molecule has 0 atom stereocenters. The molecule has 0 fully saturated rings. The van der Waals surface area contributed by atoms with Gasteiger partial charge < -0.3 is 9.16 Å². The molecule has 0 aliphatic rings. The summed E-state index contributed by atoms with van der Waals surface area (Å²) in [5, 5.41) is 0.